The summed E-state index contributed by atoms with van der Waals surface area (Å²) < 4.78 is 5.06. The van der Waals surface area contributed by atoms with Crippen molar-refractivity contribution in [2.75, 3.05) is 13.7 Å². The molecule has 1 heterocycles. The Labute approximate surface area is 106 Å². The van der Waals surface area contributed by atoms with E-state index in [-0.39, 0.29) is 12.5 Å². The van der Waals surface area contributed by atoms with Crippen LogP contribution in [0.15, 0.2) is 11.4 Å². The van der Waals surface area contributed by atoms with Gasteiger partial charge in [-0.05, 0) is 23.8 Å². The molecule has 0 aliphatic rings. The van der Waals surface area contributed by atoms with Crippen molar-refractivity contribution in [1.82, 2.24) is 5.32 Å². The summed E-state index contributed by atoms with van der Waals surface area (Å²) in [6.45, 7) is 4.35. The summed E-state index contributed by atoms with van der Waals surface area (Å²) in [5.41, 5.74) is 0. The van der Waals surface area contributed by atoms with Gasteiger partial charge in [-0.2, -0.15) is 0 Å². The minimum Gasteiger partial charge on any atom is -0.495 e. The number of carbonyl (C=O) groups excluding carboxylic acids is 1. The van der Waals surface area contributed by atoms with Gasteiger partial charge in [-0.25, -0.2) is 0 Å². The Morgan fingerprint density at radius 2 is 2.29 bits per heavy atom. The molecule has 0 fully saturated rings. The lowest BCUT2D eigenvalue weighted by molar-refractivity contribution is 0.0901. The van der Waals surface area contributed by atoms with Crippen LogP contribution in [0, 0.1) is 5.92 Å². The molecule has 1 unspecified atom stereocenters. The van der Waals surface area contributed by atoms with Gasteiger partial charge in [0.05, 0.1) is 13.2 Å². The second kappa shape index (κ2) is 6.61. The number of hydrogen-bond acceptors (Lipinski definition) is 4. The van der Waals surface area contributed by atoms with Crippen LogP contribution >= 0.6 is 11.3 Å². The normalized spacial score (nSPS) is 12.5. The molecule has 1 aromatic rings. The number of rotatable bonds is 6. The number of methoxy groups -OCH3 is 1. The predicted molar refractivity (Wildman–Crippen MR) is 68.7 cm³/mol. The summed E-state index contributed by atoms with van der Waals surface area (Å²) in [7, 11) is 1.53. The van der Waals surface area contributed by atoms with E-state index in [0.29, 0.717) is 23.0 Å². The second-order valence-corrected chi connectivity index (χ2v) is 5.23. The fraction of sp³-hybridized carbons (Fsp3) is 0.583. The average molecular weight is 257 g/mol. The number of amides is 1. The highest BCUT2D eigenvalue weighted by molar-refractivity contribution is 7.12. The lowest BCUT2D eigenvalue weighted by Crippen LogP contribution is -2.32. The first-order chi connectivity index (χ1) is 8.04. The number of aliphatic hydroxyl groups excluding tert-OH is 1. The van der Waals surface area contributed by atoms with E-state index in [1.807, 2.05) is 13.8 Å². The van der Waals surface area contributed by atoms with E-state index < -0.39 is 6.10 Å². The van der Waals surface area contributed by atoms with Gasteiger partial charge in [0.15, 0.2) is 0 Å². The van der Waals surface area contributed by atoms with Crippen molar-refractivity contribution < 1.29 is 14.6 Å². The van der Waals surface area contributed by atoms with Crippen LogP contribution in [-0.4, -0.2) is 30.8 Å². The summed E-state index contributed by atoms with van der Waals surface area (Å²) in [6, 6.07) is 1.75. The van der Waals surface area contributed by atoms with E-state index in [1.54, 1.807) is 11.4 Å². The number of thiophene rings is 1. The van der Waals surface area contributed by atoms with Crippen LogP contribution in [-0.2, 0) is 0 Å². The van der Waals surface area contributed by atoms with Crippen molar-refractivity contribution in [2.24, 2.45) is 5.92 Å². The second-order valence-electron chi connectivity index (χ2n) is 4.31. The standard InChI is InChI=1S/C12H19NO3S/c1-8(2)6-9(14)7-13-12(15)11-10(16-3)4-5-17-11/h4-5,8-9,14H,6-7H2,1-3H3,(H,13,15). The van der Waals surface area contributed by atoms with Gasteiger partial charge >= 0.3 is 0 Å². The van der Waals surface area contributed by atoms with Gasteiger partial charge in [0, 0.05) is 6.54 Å². The molecule has 4 nitrogen and oxygen atoms in total. The van der Waals surface area contributed by atoms with Crippen LogP contribution in [0.4, 0.5) is 0 Å². The molecule has 2 N–H and O–H groups in total. The van der Waals surface area contributed by atoms with E-state index in [1.165, 1.54) is 18.4 Å². The number of ether oxygens (including phenoxy) is 1. The maximum Gasteiger partial charge on any atom is 0.265 e. The third-order valence-electron chi connectivity index (χ3n) is 2.30. The highest BCUT2D eigenvalue weighted by atomic mass is 32.1. The summed E-state index contributed by atoms with van der Waals surface area (Å²) in [4.78, 5) is 12.3. The molecular formula is C12H19NO3S. The van der Waals surface area contributed by atoms with Gasteiger partial charge in [0.2, 0.25) is 0 Å². The number of carbonyl (C=O) groups is 1. The largest absolute Gasteiger partial charge is 0.495 e. The Morgan fingerprint density at radius 3 is 2.88 bits per heavy atom. The Morgan fingerprint density at radius 1 is 1.59 bits per heavy atom. The predicted octanol–water partition coefficient (Wildman–Crippen LogP) is 1.89. The quantitative estimate of drug-likeness (QED) is 0.818. The van der Waals surface area contributed by atoms with Crippen molar-refractivity contribution in [3.8, 4) is 5.75 Å². The zero-order valence-corrected chi connectivity index (χ0v) is 11.2. The van der Waals surface area contributed by atoms with Gasteiger partial charge in [0.25, 0.3) is 5.91 Å². The molecule has 0 spiro atoms. The van der Waals surface area contributed by atoms with E-state index >= 15 is 0 Å². The SMILES string of the molecule is COc1ccsc1C(=O)NCC(O)CC(C)C. The molecule has 0 radical (unpaired) electrons. The van der Waals surface area contributed by atoms with Crippen molar-refractivity contribution in [2.45, 2.75) is 26.4 Å². The van der Waals surface area contributed by atoms with Crippen molar-refractivity contribution in [3.63, 3.8) is 0 Å². The first-order valence-corrected chi connectivity index (χ1v) is 6.50. The van der Waals surface area contributed by atoms with Crippen LogP contribution in [0.1, 0.15) is 29.9 Å². The molecule has 0 aromatic carbocycles. The molecule has 96 valence electrons. The molecule has 1 atom stereocenters. The van der Waals surface area contributed by atoms with E-state index in [2.05, 4.69) is 5.32 Å². The fourth-order valence-corrected chi connectivity index (χ4v) is 2.32. The highest BCUT2D eigenvalue weighted by Gasteiger charge is 2.15. The Balaban J connectivity index is 2.45. The van der Waals surface area contributed by atoms with Crippen molar-refractivity contribution in [1.29, 1.82) is 0 Å². The summed E-state index contributed by atoms with van der Waals surface area (Å²) in [5.74, 6) is 0.795. The Bertz CT molecular complexity index is 362. The zero-order valence-electron chi connectivity index (χ0n) is 10.4. The molecule has 1 aromatic heterocycles. The first-order valence-electron chi connectivity index (χ1n) is 5.62. The lowest BCUT2D eigenvalue weighted by Gasteiger charge is -2.13. The molecule has 0 saturated carbocycles. The molecule has 0 bridgehead atoms. The van der Waals surface area contributed by atoms with Crippen LogP contribution in [0.25, 0.3) is 0 Å². The summed E-state index contributed by atoms with van der Waals surface area (Å²) in [5, 5.41) is 14.2. The monoisotopic (exact) mass is 257 g/mol. The van der Waals surface area contributed by atoms with Crippen LogP contribution in [0.2, 0.25) is 0 Å². The lowest BCUT2D eigenvalue weighted by atomic mass is 10.1. The van der Waals surface area contributed by atoms with E-state index in [0.717, 1.165) is 0 Å². The smallest absolute Gasteiger partial charge is 0.265 e. The van der Waals surface area contributed by atoms with Gasteiger partial charge in [-0.15, -0.1) is 11.3 Å². The van der Waals surface area contributed by atoms with E-state index in [4.69, 9.17) is 4.74 Å². The zero-order chi connectivity index (χ0) is 12.8. The number of aliphatic hydroxyl groups is 1. The van der Waals surface area contributed by atoms with E-state index in [9.17, 15) is 9.90 Å². The minimum atomic E-state index is -0.495. The van der Waals surface area contributed by atoms with Crippen molar-refractivity contribution in [3.05, 3.63) is 16.3 Å². The van der Waals surface area contributed by atoms with Gasteiger partial charge in [0.1, 0.15) is 10.6 Å². The Hall–Kier alpha value is -1.07. The fourth-order valence-electron chi connectivity index (χ4n) is 1.54. The van der Waals surface area contributed by atoms with Crippen LogP contribution in [0.5, 0.6) is 5.75 Å². The number of nitrogens with one attached hydrogen (secondary N) is 1. The molecule has 0 saturated heterocycles. The Kier molecular flexibility index (Phi) is 5.44. The highest BCUT2D eigenvalue weighted by Crippen LogP contribution is 2.23. The topological polar surface area (TPSA) is 58.6 Å². The van der Waals surface area contributed by atoms with Gasteiger partial charge in [-0.1, -0.05) is 13.8 Å². The summed E-state index contributed by atoms with van der Waals surface area (Å²) in [6.07, 6.45) is 0.187. The maximum atomic E-state index is 11.8. The molecular weight excluding hydrogens is 238 g/mol. The average Bonchev–Trinajstić information content (AvgIpc) is 2.72. The third kappa shape index (κ3) is 4.36. The maximum absolute atomic E-state index is 11.8. The molecule has 0 aliphatic carbocycles. The summed E-state index contributed by atoms with van der Waals surface area (Å²) >= 11 is 1.33. The van der Waals surface area contributed by atoms with Gasteiger partial charge < -0.3 is 15.2 Å². The van der Waals surface area contributed by atoms with Crippen molar-refractivity contribution >= 4 is 17.2 Å². The molecule has 1 amide bonds. The third-order valence-corrected chi connectivity index (χ3v) is 3.19. The first kappa shape index (κ1) is 14.0. The molecule has 17 heavy (non-hydrogen) atoms. The molecule has 0 aliphatic heterocycles. The van der Waals surface area contributed by atoms with Gasteiger partial charge in [-0.3, -0.25) is 4.79 Å². The minimum absolute atomic E-state index is 0.195. The van der Waals surface area contributed by atoms with Crippen LogP contribution < -0.4 is 10.1 Å². The van der Waals surface area contributed by atoms with Crippen LogP contribution in [0.3, 0.4) is 0 Å². The molecule has 1 rings (SSSR count). The number of hydrogen-bond donors (Lipinski definition) is 2. The molecule has 5 heteroatoms.